The zero-order chi connectivity index (χ0) is 16.2. The molecule has 0 spiro atoms. The Morgan fingerprint density at radius 3 is 2.62 bits per heavy atom. The second-order valence-corrected chi connectivity index (χ2v) is 4.61. The van der Waals surface area contributed by atoms with Gasteiger partial charge in [-0.25, -0.2) is 14.2 Å². The maximum Gasteiger partial charge on any atom is 0.356 e. The van der Waals surface area contributed by atoms with E-state index in [9.17, 15) is 9.18 Å². The van der Waals surface area contributed by atoms with Gasteiger partial charge in [0.25, 0.3) is 0 Å². The summed E-state index contributed by atoms with van der Waals surface area (Å²) in [5.41, 5.74) is -0.576. The van der Waals surface area contributed by atoms with Gasteiger partial charge < -0.3 is 9.84 Å². The Labute approximate surface area is 131 Å². The molecule has 21 heavy (non-hydrogen) atoms. The minimum Gasteiger partial charge on any atom is -0.492 e. The summed E-state index contributed by atoms with van der Waals surface area (Å²) < 4.78 is 19.0. The summed E-state index contributed by atoms with van der Waals surface area (Å²) in [4.78, 5) is 14.9. The zero-order valence-corrected chi connectivity index (χ0v) is 12.8. The molecule has 0 unspecified atom stereocenters. The van der Waals surface area contributed by atoms with Crippen molar-refractivity contribution in [1.82, 2.24) is 0 Å². The van der Waals surface area contributed by atoms with Gasteiger partial charge in [0, 0.05) is 5.56 Å². The first kappa shape index (κ1) is 17.2. The van der Waals surface area contributed by atoms with E-state index in [1.54, 1.807) is 6.92 Å². The first-order valence-electron chi connectivity index (χ1n) is 5.68. The third-order valence-corrected chi connectivity index (χ3v) is 3.19. The Morgan fingerprint density at radius 2 is 2.14 bits per heavy atom. The summed E-state index contributed by atoms with van der Waals surface area (Å²) in [6.07, 6.45) is 1.36. The maximum atomic E-state index is 14.2. The lowest BCUT2D eigenvalue weighted by Crippen LogP contribution is -2.13. The molecule has 0 heterocycles. The van der Waals surface area contributed by atoms with E-state index in [1.165, 1.54) is 25.3 Å². The van der Waals surface area contributed by atoms with E-state index in [-0.39, 0.29) is 27.1 Å². The Kier molecular flexibility index (Phi) is 5.93. The largest absolute Gasteiger partial charge is 0.492 e. The molecule has 0 saturated carbocycles. The maximum absolute atomic E-state index is 14.2. The molecule has 112 valence electrons. The summed E-state index contributed by atoms with van der Waals surface area (Å²) >= 11 is 11.5. The molecule has 0 amide bonds. The Bertz CT molecular complexity index is 654. The van der Waals surface area contributed by atoms with Crippen LogP contribution in [-0.4, -0.2) is 23.9 Å². The molecule has 0 bridgehead atoms. The van der Waals surface area contributed by atoms with Gasteiger partial charge in [-0.2, -0.15) is 0 Å². The van der Waals surface area contributed by atoms with E-state index >= 15 is 0 Å². The normalized spacial score (nSPS) is 12.2. The minimum absolute atomic E-state index is 0.0319. The number of hydrogen-bond donors (Lipinski definition) is 1. The van der Waals surface area contributed by atoms with E-state index < -0.39 is 17.5 Å². The van der Waals surface area contributed by atoms with E-state index in [1.807, 2.05) is 0 Å². The summed E-state index contributed by atoms with van der Waals surface area (Å²) in [7, 11) is 1.26. The number of allylic oxidation sites excluding steroid dienone is 1. The fourth-order valence-corrected chi connectivity index (χ4v) is 1.82. The molecule has 0 atom stereocenters. The van der Waals surface area contributed by atoms with Gasteiger partial charge in [0.1, 0.15) is 0 Å². The highest BCUT2D eigenvalue weighted by Gasteiger charge is 2.18. The molecule has 4 nitrogen and oxygen atoms in total. The van der Waals surface area contributed by atoms with Crippen LogP contribution in [0.5, 0.6) is 5.75 Å². The predicted octanol–water partition coefficient (Wildman–Crippen LogP) is 4.13. The molecule has 0 fully saturated rings. The lowest BCUT2D eigenvalue weighted by molar-refractivity contribution is -0.129. The van der Waals surface area contributed by atoms with Crippen molar-refractivity contribution in [3.05, 3.63) is 46.2 Å². The number of carboxylic acid groups (broad SMARTS) is 1. The van der Waals surface area contributed by atoms with Crippen LogP contribution in [-0.2, 0) is 4.79 Å². The van der Waals surface area contributed by atoms with Crippen molar-refractivity contribution in [3.63, 3.8) is 0 Å². The number of carboxylic acids is 1. The van der Waals surface area contributed by atoms with E-state index in [4.69, 9.17) is 33.0 Å². The van der Waals surface area contributed by atoms with Gasteiger partial charge in [-0.05, 0) is 19.1 Å². The van der Waals surface area contributed by atoms with Crippen LogP contribution in [0.4, 0.5) is 4.39 Å². The fraction of sp³-hybridized carbons (Fsp3) is 0.143. The second kappa shape index (κ2) is 7.24. The molecule has 0 aliphatic heterocycles. The molecule has 0 aliphatic rings. The third kappa shape index (κ3) is 3.83. The van der Waals surface area contributed by atoms with Crippen molar-refractivity contribution in [3.8, 4) is 5.75 Å². The quantitative estimate of drug-likeness (QED) is 0.825. The van der Waals surface area contributed by atoms with Crippen LogP contribution in [0.1, 0.15) is 12.5 Å². The van der Waals surface area contributed by atoms with Crippen molar-refractivity contribution >= 4 is 40.6 Å². The van der Waals surface area contributed by atoms with Gasteiger partial charge in [0.15, 0.2) is 17.3 Å². The smallest absolute Gasteiger partial charge is 0.356 e. The highest BCUT2D eigenvalue weighted by molar-refractivity contribution is 6.58. The minimum atomic E-state index is -1.35. The molecule has 1 aromatic carbocycles. The van der Waals surface area contributed by atoms with E-state index in [0.29, 0.717) is 0 Å². The van der Waals surface area contributed by atoms with Gasteiger partial charge in [-0.3, -0.25) is 0 Å². The van der Waals surface area contributed by atoms with Gasteiger partial charge in [-0.1, -0.05) is 35.9 Å². The van der Waals surface area contributed by atoms with Crippen LogP contribution >= 0.6 is 23.2 Å². The summed E-state index contributed by atoms with van der Waals surface area (Å²) in [5, 5.41) is 9.05. The lowest BCUT2D eigenvalue weighted by Gasteiger charge is -2.09. The first-order valence-corrected chi connectivity index (χ1v) is 6.44. The van der Waals surface area contributed by atoms with Crippen molar-refractivity contribution in [2.75, 3.05) is 7.11 Å². The Balaban J connectivity index is 3.35. The molecule has 1 rings (SSSR count). The van der Waals surface area contributed by atoms with Crippen molar-refractivity contribution in [2.24, 2.45) is 4.99 Å². The summed E-state index contributed by atoms with van der Waals surface area (Å²) in [6.45, 7) is 5.11. The summed E-state index contributed by atoms with van der Waals surface area (Å²) in [6, 6.07) is 2.73. The molecule has 0 aromatic heterocycles. The first-order chi connectivity index (χ1) is 9.83. The number of benzene rings is 1. The number of carbonyl (C=O) groups is 1. The zero-order valence-electron chi connectivity index (χ0n) is 11.3. The molecule has 0 aliphatic carbocycles. The average molecular weight is 332 g/mol. The topological polar surface area (TPSA) is 58.9 Å². The predicted molar refractivity (Wildman–Crippen MR) is 81.7 cm³/mol. The molecule has 0 saturated heterocycles. The lowest BCUT2D eigenvalue weighted by atomic mass is 10.1. The Hall–Kier alpha value is -1.85. The standard InChI is InChI=1S/C14H12Cl2FNO3/c1-4-9(15)12(14(19)20)18-7(2)8-5-6-10(16)13(21-3)11(8)17/h4-6H,2H2,1,3H3,(H,19,20)/b9-4+,18-12+. The number of aliphatic carboxylic acids is 1. The van der Waals surface area contributed by atoms with E-state index in [0.717, 1.165) is 0 Å². The number of rotatable bonds is 5. The monoisotopic (exact) mass is 331 g/mol. The van der Waals surface area contributed by atoms with Gasteiger partial charge in [0.2, 0.25) is 0 Å². The van der Waals surface area contributed by atoms with Gasteiger partial charge in [-0.15, -0.1) is 0 Å². The Morgan fingerprint density at radius 1 is 1.52 bits per heavy atom. The molecule has 0 radical (unpaired) electrons. The van der Waals surface area contributed by atoms with Crippen molar-refractivity contribution in [2.45, 2.75) is 6.92 Å². The number of methoxy groups -OCH3 is 1. The third-order valence-electron chi connectivity index (χ3n) is 2.49. The highest BCUT2D eigenvalue weighted by Crippen LogP contribution is 2.32. The van der Waals surface area contributed by atoms with Gasteiger partial charge in [0.05, 0.1) is 22.9 Å². The average Bonchev–Trinajstić information content (AvgIpc) is 2.43. The fourth-order valence-electron chi connectivity index (χ4n) is 1.48. The molecule has 7 heteroatoms. The van der Waals surface area contributed by atoms with Crippen LogP contribution in [0.2, 0.25) is 5.02 Å². The number of ether oxygens (including phenoxy) is 1. The number of halogens is 3. The van der Waals surface area contributed by atoms with Crippen molar-refractivity contribution < 1.29 is 19.0 Å². The SMILES string of the molecule is C=C(/N=C(C(=O)O)\C(Cl)=C/C)c1ccc(Cl)c(OC)c1F. The van der Waals surface area contributed by atoms with Crippen LogP contribution in [0.15, 0.2) is 34.8 Å². The molecule has 1 N–H and O–H groups in total. The van der Waals surface area contributed by atoms with Crippen molar-refractivity contribution in [1.29, 1.82) is 0 Å². The molecular formula is C14H12Cl2FNO3. The number of hydrogen-bond acceptors (Lipinski definition) is 3. The second-order valence-electron chi connectivity index (χ2n) is 3.79. The van der Waals surface area contributed by atoms with Crippen LogP contribution < -0.4 is 4.74 Å². The number of nitrogens with zero attached hydrogens (tertiary/aromatic N) is 1. The summed E-state index contributed by atoms with van der Waals surface area (Å²) in [5.74, 6) is -2.29. The number of aliphatic imine (C=N–C) groups is 1. The van der Waals surface area contributed by atoms with Crippen LogP contribution in [0, 0.1) is 5.82 Å². The van der Waals surface area contributed by atoms with Gasteiger partial charge >= 0.3 is 5.97 Å². The highest BCUT2D eigenvalue weighted by atomic mass is 35.5. The van der Waals surface area contributed by atoms with E-state index in [2.05, 4.69) is 11.6 Å². The van der Waals surface area contributed by atoms with Crippen LogP contribution in [0.25, 0.3) is 5.70 Å². The van der Waals surface area contributed by atoms with Crippen LogP contribution in [0.3, 0.4) is 0 Å². The molecule has 1 aromatic rings. The molecular weight excluding hydrogens is 320 g/mol.